The summed E-state index contributed by atoms with van der Waals surface area (Å²) in [7, 11) is 0. The molecule has 0 fully saturated rings. The first-order valence-electron chi connectivity index (χ1n) is 9.07. The van der Waals surface area contributed by atoms with Gasteiger partial charge in [0.15, 0.2) is 0 Å². The lowest BCUT2D eigenvalue weighted by Gasteiger charge is -2.09. The van der Waals surface area contributed by atoms with Gasteiger partial charge in [0.25, 0.3) is 5.91 Å². The Kier molecular flexibility index (Phi) is 6.96. The number of aromatic carboxylic acids is 1. The van der Waals surface area contributed by atoms with Gasteiger partial charge in [-0.2, -0.15) is 13.2 Å². The van der Waals surface area contributed by atoms with Crippen molar-refractivity contribution < 1.29 is 45.8 Å². The summed E-state index contributed by atoms with van der Waals surface area (Å²) in [6, 6.07) is 7.57. The zero-order chi connectivity index (χ0) is 24.3. The molecule has 1 heterocycles. The van der Waals surface area contributed by atoms with Gasteiger partial charge in [0.2, 0.25) is 0 Å². The van der Waals surface area contributed by atoms with Gasteiger partial charge in [0.05, 0.1) is 18.7 Å². The van der Waals surface area contributed by atoms with Crippen LogP contribution in [0.3, 0.4) is 0 Å². The summed E-state index contributed by atoms with van der Waals surface area (Å²) in [6.45, 7) is -0.572. The number of anilines is 1. The monoisotopic (exact) mass is 489 g/mol. The van der Waals surface area contributed by atoms with Crippen LogP contribution >= 0.6 is 11.3 Å². The lowest BCUT2D eigenvalue weighted by atomic mass is 10.1. The fraction of sp³-hybridized carbons (Fsp3) is 0.143. The van der Waals surface area contributed by atoms with Crippen LogP contribution in [-0.4, -0.2) is 29.8 Å². The van der Waals surface area contributed by atoms with Crippen molar-refractivity contribution in [2.75, 3.05) is 11.9 Å². The molecule has 1 amide bonds. The zero-order valence-corrected chi connectivity index (χ0v) is 17.1. The summed E-state index contributed by atoms with van der Waals surface area (Å²) in [5.41, 5.74) is -0.882. The second-order valence-electron chi connectivity index (χ2n) is 6.60. The van der Waals surface area contributed by atoms with Gasteiger partial charge in [-0.05, 0) is 35.9 Å². The minimum absolute atomic E-state index is 0.161. The Morgan fingerprint density at radius 3 is 2.15 bits per heavy atom. The first-order chi connectivity index (χ1) is 15.4. The van der Waals surface area contributed by atoms with E-state index in [1.54, 1.807) is 0 Å². The molecular weight excluding hydrogens is 476 g/mol. The molecule has 1 aromatic heterocycles. The molecule has 0 atom stereocenters. The third kappa shape index (κ3) is 6.04. The van der Waals surface area contributed by atoms with Crippen molar-refractivity contribution in [3.63, 3.8) is 0 Å². The molecule has 0 aliphatic carbocycles. The standard InChI is InChI=1S/C21H13F6NO4S/c22-11-7-13(23)17(14(24)8-11)19(29)28-15-9-16(33-18(15)20(30)31)10-1-3-12(4-2-10)32-6-5-21(25,26)27/h1-4,7-9H,5-6H2,(H,28,29)(H,30,31). The quantitative estimate of drug-likeness (QED) is 0.393. The van der Waals surface area contributed by atoms with Gasteiger partial charge in [-0.1, -0.05) is 0 Å². The number of nitrogens with one attached hydrogen (secondary N) is 1. The van der Waals surface area contributed by atoms with Gasteiger partial charge in [0.1, 0.15) is 33.6 Å². The van der Waals surface area contributed by atoms with Crippen molar-refractivity contribution >= 4 is 28.9 Å². The number of carboxylic acids is 1. The number of thiophene rings is 1. The number of benzene rings is 2. The summed E-state index contributed by atoms with van der Waals surface area (Å²) in [4.78, 5) is 23.9. The molecule has 174 valence electrons. The van der Waals surface area contributed by atoms with E-state index in [1.165, 1.54) is 30.3 Å². The fourth-order valence-electron chi connectivity index (χ4n) is 2.73. The number of alkyl halides is 3. The van der Waals surface area contributed by atoms with E-state index in [1.807, 2.05) is 0 Å². The molecule has 33 heavy (non-hydrogen) atoms. The van der Waals surface area contributed by atoms with Crippen LogP contribution in [0.5, 0.6) is 5.75 Å². The molecule has 0 aliphatic heterocycles. The predicted octanol–water partition coefficient (Wildman–Crippen LogP) is 6.11. The van der Waals surface area contributed by atoms with Crippen LogP contribution in [0.15, 0.2) is 42.5 Å². The third-order valence-electron chi connectivity index (χ3n) is 4.20. The normalized spacial score (nSPS) is 11.3. The van der Waals surface area contributed by atoms with E-state index in [0.717, 1.165) is 11.3 Å². The maximum atomic E-state index is 13.9. The Balaban J connectivity index is 1.81. The smallest absolute Gasteiger partial charge is 0.392 e. The lowest BCUT2D eigenvalue weighted by molar-refractivity contribution is -0.139. The Morgan fingerprint density at radius 2 is 1.61 bits per heavy atom. The highest BCUT2D eigenvalue weighted by Crippen LogP contribution is 2.36. The van der Waals surface area contributed by atoms with Crippen molar-refractivity contribution in [2.24, 2.45) is 0 Å². The summed E-state index contributed by atoms with van der Waals surface area (Å²) in [5, 5.41) is 11.5. The first-order valence-corrected chi connectivity index (χ1v) is 9.89. The highest BCUT2D eigenvalue weighted by molar-refractivity contribution is 7.18. The number of carbonyl (C=O) groups is 2. The van der Waals surface area contributed by atoms with Gasteiger partial charge in [-0.3, -0.25) is 4.79 Å². The summed E-state index contributed by atoms with van der Waals surface area (Å²) >= 11 is 0.744. The average Bonchev–Trinajstić information content (AvgIpc) is 3.10. The van der Waals surface area contributed by atoms with Crippen LogP contribution in [0, 0.1) is 17.5 Å². The summed E-state index contributed by atoms with van der Waals surface area (Å²) in [5.74, 6) is -6.72. The largest absolute Gasteiger partial charge is 0.493 e. The molecule has 12 heteroatoms. The van der Waals surface area contributed by atoms with E-state index >= 15 is 0 Å². The van der Waals surface area contributed by atoms with Gasteiger partial charge in [0, 0.05) is 17.0 Å². The van der Waals surface area contributed by atoms with Crippen LogP contribution in [0.2, 0.25) is 0 Å². The minimum Gasteiger partial charge on any atom is -0.493 e. The van der Waals surface area contributed by atoms with Crippen LogP contribution in [0.4, 0.5) is 32.0 Å². The fourth-order valence-corrected chi connectivity index (χ4v) is 3.69. The van der Waals surface area contributed by atoms with E-state index in [9.17, 15) is 41.0 Å². The van der Waals surface area contributed by atoms with Crippen LogP contribution < -0.4 is 10.1 Å². The van der Waals surface area contributed by atoms with Crippen molar-refractivity contribution in [1.82, 2.24) is 0 Å². The van der Waals surface area contributed by atoms with Gasteiger partial charge < -0.3 is 15.2 Å². The molecule has 5 nitrogen and oxygen atoms in total. The molecule has 3 aromatic rings. The van der Waals surface area contributed by atoms with Crippen molar-refractivity contribution in [3.05, 3.63) is 70.4 Å². The zero-order valence-electron chi connectivity index (χ0n) is 16.3. The third-order valence-corrected chi connectivity index (χ3v) is 5.37. The molecule has 0 bridgehead atoms. The number of hydrogen-bond donors (Lipinski definition) is 2. The van der Waals surface area contributed by atoms with Crippen molar-refractivity contribution in [1.29, 1.82) is 0 Å². The maximum Gasteiger partial charge on any atom is 0.392 e. The molecule has 0 saturated carbocycles. The van der Waals surface area contributed by atoms with Crippen molar-refractivity contribution in [2.45, 2.75) is 12.6 Å². The Labute approximate surface area is 186 Å². The summed E-state index contributed by atoms with van der Waals surface area (Å²) < 4.78 is 82.4. The number of hydrogen-bond acceptors (Lipinski definition) is 4. The molecule has 0 radical (unpaired) electrons. The Morgan fingerprint density at radius 1 is 1.00 bits per heavy atom. The van der Waals surface area contributed by atoms with E-state index in [2.05, 4.69) is 5.32 Å². The van der Waals surface area contributed by atoms with Gasteiger partial charge >= 0.3 is 12.1 Å². The van der Waals surface area contributed by atoms with Gasteiger partial charge in [-0.25, -0.2) is 18.0 Å². The topological polar surface area (TPSA) is 75.6 Å². The predicted molar refractivity (Wildman–Crippen MR) is 107 cm³/mol. The Hall–Kier alpha value is -3.54. The van der Waals surface area contributed by atoms with E-state index < -0.39 is 54.1 Å². The molecule has 0 saturated heterocycles. The molecule has 2 aromatic carbocycles. The number of rotatable bonds is 7. The van der Waals surface area contributed by atoms with Crippen LogP contribution in [0.25, 0.3) is 10.4 Å². The SMILES string of the molecule is O=C(O)c1sc(-c2ccc(OCCC(F)(F)F)cc2)cc1NC(=O)c1c(F)cc(F)cc1F. The maximum absolute atomic E-state index is 13.9. The summed E-state index contributed by atoms with van der Waals surface area (Å²) in [6.07, 6.45) is -5.48. The molecule has 0 aliphatic rings. The molecule has 0 unspecified atom stereocenters. The van der Waals surface area contributed by atoms with Crippen LogP contribution in [-0.2, 0) is 0 Å². The Bertz CT molecular complexity index is 1170. The number of ether oxygens (including phenoxy) is 1. The first kappa shape index (κ1) is 24.1. The number of carbonyl (C=O) groups excluding carboxylic acids is 1. The molecular formula is C21H13F6NO4S. The number of halogens is 6. The lowest BCUT2D eigenvalue weighted by Crippen LogP contribution is -2.17. The molecule has 2 N–H and O–H groups in total. The second-order valence-corrected chi connectivity index (χ2v) is 7.65. The van der Waals surface area contributed by atoms with E-state index in [4.69, 9.17) is 4.74 Å². The number of carboxylic acid groups (broad SMARTS) is 1. The van der Waals surface area contributed by atoms with Crippen LogP contribution in [0.1, 0.15) is 26.5 Å². The highest BCUT2D eigenvalue weighted by Gasteiger charge is 2.27. The van der Waals surface area contributed by atoms with Gasteiger partial charge in [-0.15, -0.1) is 11.3 Å². The van der Waals surface area contributed by atoms with E-state index in [-0.39, 0.29) is 16.3 Å². The number of amides is 1. The van der Waals surface area contributed by atoms with E-state index in [0.29, 0.717) is 22.6 Å². The highest BCUT2D eigenvalue weighted by atomic mass is 32.1. The average molecular weight is 489 g/mol. The minimum atomic E-state index is -4.36. The molecule has 3 rings (SSSR count). The molecule has 0 spiro atoms. The van der Waals surface area contributed by atoms with Crippen molar-refractivity contribution in [3.8, 4) is 16.2 Å². The second kappa shape index (κ2) is 9.53.